The third-order valence-corrected chi connectivity index (χ3v) is 5.44. The van der Waals surface area contributed by atoms with Crippen LogP contribution in [0.4, 0.5) is 0 Å². The molecule has 1 heterocycles. The minimum Gasteiger partial charge on any atom is -0.355 e. The highest BCUT2D eigenvalue weighted by Gasteiger charge is 2.27. The molecule has 1 aromatic heterocycles. The Bertz CT molecular complexity index is 605. The van der Waals surface area contributed by atoms with Crippen molar-refractivity contribution >= 4 is 29.0 Å². The van der Waals surface area contributed by atoms with E-state index in [2.05, 4.69) is 15.5 Å². The van der Waals surface area contributed by atoms with Crippen molar-refractivity contribution in [2.45, 2.75) is 28.9 Å². The van der Waals surface area contributed by atoms with Gasteiger partial charge in [-0.05, 0) is 30.5 Å². The molecule has 3 rings (SSSR count). The lowest BCUT2D eigenvalue weighted by Crippen LogP contribution is -2.17. The molecular weight excluding hydrogens is 290 g/mol. The maximum atomic E-state index is 11.4. The first-order valence-electron chi connectivity index (χ1n) is 6.53. The molecule has 1 saturated carbocycles. The molecular formula is C14H15N3OS2. The summed E-state index contributed by atoms with van der Waals surface area (Å²) in [6.45, 7) is 0. The molecule has 1 aliphatic rings. The van der Waals surface area contributed by atoms with Crippen LogP contribution in [0.5, 0.6) is 0 Å². The van der Waals surface area contributed by atoms with Crippen molar-refractivity contribution in [3.8, 4) is 0 Å². The van der Waals surface area contributed by atoms with Gasteiger partial charge in [0.05, 0.1) is 0 Å². The van der Waals surface area contributed by atoms with E-state index in [1.54, 1.807) is 30.1 Å². The number of benzene rings is 1. The quantitative estimate of drug-likeness (QED) is 0.863. The molecule has 0 bridgehead atoms. The van der Waals surface area contributed by atoms with E-state index >= 15 is 0 Å². The minimum atomic E-state index is -0.0533. The van der Waals surface area contributed by atoms with Crippen molar-refractivity contribution in [2.24, 2.45) is 0 Å². The molecule has 104 valence electrons. The molecule has 4 nitrogen and oxygen atoms in total. The Morgan fingerprint density at radius 2 is 2.10 bits per heavy atom. The highest BCUT2D eigenvalue weighted by atomic mass is 32.2. The maximum absolute atomic E-state index is 11.4. The van der Waals surface area contributed by atoms with E-state index in [4.69, 9.17) is 0 Å². The zero-order valence-corrected chi connectivity index (χ0v) is 12.8. The van der Waals surface area contributed by atoms with Gasteiger partial charge in [0.15, 0.2) is 4.34 Å². The number of amides is 1. The number of carbonyl (C=O) groups is 1. The molecule has 0 aliphatic heterocycles. The number of nitrogens with one attached hydrogen (secondary N) is 1. The molecule has 0 radical (unpaired) electrons. The highest BCUT2D eigenvalue weighted by molar-refractivity contribution is 8.00. The van der Waals surface area contributed by atoms with E-state index in [1.807, 2.05) is 24.3 Å². The summed E-state index contributed by atoms with van der Waals surface area (Å²) >= 11 is 3.41. The van der Waals surface area contributed by atoms with Gasteiger partial charge in [-0.2, -0.15) is 0 Å². The van der Waals surface area contributed by atoms with Crippen LogP contribution >= 0.6 is 23.1 Å². The summed E-state index contributed by atoms with van der Waals surface area (Å²) in [6, 6.07) is 7.68. The largest absolute Gasteiger partial charge is 0.355 e. The van der Waals surface area contributed by atoms with Crippen molar-refractivity contribution in [1.82, 2.24) is 15.5 Å². The summed E-state index contributed by atoms with van der Waals surface area (Å²) in [6.07, 6.45) is 2.53. The van der Waals surface area contributed by atoms with Gasteiger partial charge in [0.2, 0.25) is 0 Å². The molecule has 1 aromatic carbocycles. The Labute approximate surface area is 126 Å². The van der Waals surface area contributed by atoms with Crippen LogP contribution in [0.15, 0.2) is 28.6 Å². The van der Waals surface area contributed by atoms with E-state index in [0.29, 0.717) is 11.5 Å². The second-order valence-electron chi connectivity index (χ2n) is 4.75. The second kappa shape index (κ2) is 5.93. The molecule has 1 aliphatic carbocycles. The topological polar surface area (TPSA) is 54.9 Å². The Morgan fingerprint density at radius 3 is 2.75 bits per heavy atom. The lowest BCUT2D eigenvalue weighted by Gasteiger charge is -2.02. The molecule has 1 N–H and O–H groups in total. The van der Waals surface area contributed by atoms with Crippen molar-refractivity contribution < 1.29 is 4.79 Å². The predicted octanol–water partition coefficient (Wildman–Crippen LogP) is 3.07. The van der Waals surface area contributed by atoms with Gasteiger partial charge in [-0.1, -0.05) is 35.2 Å². The first-order valence-corrected chi connectivity index (χ1v) is 8.33. The van der Waals surface area contributed by atoms with Crippen LogP contribution in [-0.2, 0) is 5.75 Å². The molecule has 0 atom stereocenters. The molecule has 2 aromatic rings. The molecule has 1 amide bonds. The normalized spacial score (nSPS) is 14.2. The van der Waals surface area contributed by atoms with Crippen LogP contribution < -0.4 is 5.32 Å². The number of nitrogens with zero attached hydrogens (tertiary/aromatic N) is 2. The second-order valence-corrected chi connectivity index (χ2v) is 6.98. The van der Waals surface area contributed by atoms with E-state index in [0.717, 1.165) is 10.1 Å². The molecule has 1 fully saturated rings. The van der Waals surface area contributed by atoms with E-state index in [9.17, 15) is 4.79 Å². The van der Waals surface area contributed by atoms with Crippen LogP contribution in [0.1, 0.15) is 39.7 Å². The number of rotatable bonds is 5. The smallest absolute Gasteiger partial charge is 0.251 e. The maximum Gasteiger partial charge on any atom is 0.251 e. The van der Waals surface area contributed by atoms with Gasteiger partial charge < -0.3 is 5.32 Å². The number of carbonyl (C=O) groups excluding carboxylic acids is 1. The van der Waals surface area contributed by atoms with Crippen molar-refractivity contribution in [3.63, 3.8) is 0 Å². The Balaban J connectivity index is 1.58. The third-order valence-electron chi connectivity index (χ3n) is 3.15. The summed E-state index contributed by atoms with van der Waals surface area (Å²) in [5.74, 6) is 1.48. The van der Waals surface area contributed by atoms with Crippen LogP contribution in [0, 0.1) is 0 Å². The van der Waals surface area contributed by atoms with Gasteiger partial charge in [-0.25, -0.2) is 0 Å². The van der Waals surface area contributed by atoms with Gasteiger partial charge in [0, 0.05) is 24.3 Å². The van der Waals surface area contributed by atoms with Gasteiger partial charge >= 0.3 is 0 Å². The molecule has 0 spiro atoms. The van der Waals surface area contributed by atoms with Crippen molar-refractivity contribution in [1.29, 1.82) is 0 Å². The fourth-order valence-electron chi connectivity index (χ4n) is 1.82. The zero-order chi connectivity index (χ0) is 13.9. The first kappa shape index (κ1) is 13.6. The summed E-state index contributed by atoms with van der Waals surface area (Å²) in [5, 5.41) is 12.3. The average molecular weight is 305 g/mol. The van der Waals surface area contributed by atoms with E-state index in [1.165, 1.54) is 23.4 Å². The van der Waals surface area contributed by atoms with Gasteiger partial charge in [-0.3, -0.25) is 4.79 Å². The molecule has 6 heteroatoms. The minimum absolute atomic E-state index is 0.0533. The summed E-state index contributed by atoms with van der Waals surface area (Å²) in [7, 11) is 1.64. The summed E-state index contributed by atoms with van der Waals surface area (Å²) in [5.41, 5.74) is 1.87. The fraction of sp³-hybridized carbons (Fsp3) is 0.357. The molecule has 0 unspecified atom stereocenters. The van der Waals surface area contributed by atoms with Crippen molar-refractivity contribution in [3.05, 3.63) is 40.4 Å². The van der Waals surface area contributed by atoms with E-state index in [-0.39, 0.29) is 5.91 Å². The monoisotopic (exact) mass is 305 g/mol. The van der Waals surface area contributed by atoms with Crippen LogP contribution in [0.3, 0.4) is 0 Å². The number of hydrogen-bond acceptors (Lipinski definition) is 5. The number of thioether (sulfide) groups is 1. The zero-order valence-electron chi connectivity index (χ0n) is 11.1. The lowest BCUT2D eigenvalue weighted by molar-refractivity contribution is 0.0963. The summed E-state index contributed by atoms with van der Waals surface area (Å²) in [4.78, 5) is 11.4. The first-order chi connectivity index (χ1) is 9.76. The standard InChI is InChI=1S/C14H15N3OS2/c1-15-12(18)10-4-2-9(3-5-10)8-19-14-17-16-13(20-14)11-6-7-11/h2-5,11H,6-8H2,1H3,(H,15,18). The lowest BCUT2D eigenvalue weighted by atomic mass is 10.1. The third kappa shape index (κ3) is 3.19. The Kier molecular flexibility index (Phi) is 4.03. The fourth-order valence-corrected chi connectivity index (χ4v) is 3.81. The molecule has 0 saturated heterocycles. The van der Waals surface area contributed by atoms with Crippen molar-refractivity contribution in [2.75, 3.05) is 7.05 Å². The molecule has 20 heavy (non-hydrogen) atoms. The average Bonchev–Trinajstić information content (AvgIpc) is 3.24. The van der Waals surface area contributed by atoms with Crippen LogP contribution in [0.2, 0.25) is 0 Å². The number of hydrogen-bond donors (Lipinski definition) is 1. The Morgan fingerprint density at radius 1 is 1.35 bits per heavy atom. The summed E-state index contributed by atoms with van der Waals surface area (Å²) < 4.78 is 1.03. The SMILES string of the molecule is CNC(=O)c1ccc(CSc2nnc(C3CC3)s2)cc1. The highest BCUT2D eigenvalue weighted by Crippen LogP contribution is 2.42. The predicted molar refractivity (Wildman–Crippen MR) is 81.3 cm³/mol. The van der Waals surface area contributed by atoms with Crippen LogP contribution in [0.25, 0.3) is 0 Å². The van der Waals surface area contributed by atoms with Crippen LogP contribution in [-0.4, -0.2) is 23.2 Å². The van der Waals surface area contributed by atoms with Gasteiger partial charge in [-0.15, -0.1) is 10.2 Å². The number of aromatic nitrogens is 2. The Hall–Kier alpha value is -1.40. The van der Waals surface area contributed by atoms with Gasteiger partial charge in [0.25, 0.3) is 5.91 Å². The van der Waals surface area contributed by atoms with E-state index < -0.39 is 0 Å². The van der Waals surface area contributed by atoms with Gasteiger partial charge in [0.1, 0.15) is 5.01 Å².